The molecule has 0 spiro atoms. The van der Waals surface area contributed by atoms with Gasteiger partial charge in [-0.15, -0.1) is 0 Å². The summed E-state index contributed by atoms with van der Waals surface area (Å²) in [5.74, 6) is 0.984. The molecular formula is C20H17N5O2. The Morgan fingerprint density at radius 3 is 2.78 bits per heavy atom. The highest BCUT2D eigenvalue weighted by Crippen LogP contribution is 2.23. The van der Waals surface area contributed by atoms with Crippen LogP contribution in [-0.2, 0) is 11.3 Å². The summed E-state index contributed by atoms with van der Waals surface area (Å²) in [6.45, 7) is 1.84. The Labute approximate surface area is 155 Å². The zero-order valence-corrected chi connectivity index (χ0v) is 14.7. The Hall–Kier alpha value is -3.74. The number of imidazole rings is 1. The number of hydrazone groups is 1. The number of benzene rings is 1. The van der Waals surface area contributed by atoms with Crippen LogP contribution >= 0.6 is 0 Å². The fraction of sp³-hybridized carbons (Fsp3) is 0.100. The predicted molar refractivity (Wildman–Crippen MR) is 102 cm³/mol. The normalized spacial score (nSPS) is 11.7. The van der Waals surface area contributed by atoms with E-state index in [-0.39, 0.29) is 12.5 Å². The molecular weight excluding hydrogens is 342 g/mol. The number of amides is 1. The number of fused-ring (bicyclic) bond motifs is 1. The summed E-state index contributed by atoms with van der Waals surface area (Å²) in [6.07, 6.45) is 3.27. The molecule has 4 aromatic rings. The number of para-hydroxylation sites is 2. The van der Waals surface area contributed by atoms with Gasteiger partial charge in [-0.25, -0.2) is 10.4 Å². The summed E-state index contributed by atoms with van der Waals surface area (Å²) < 4.78 is 7.10. The highest BCUT2D eigenvalue weighted by Gasteiger charge is 2.15. The molecule has 134 valence electrons. The molecule has 27 heavy (non-hydrogen) atoms. The summed E-state index contributed by atoms with van der Waals surface area (Å²) >= 11 is 0. The quantitative estimate of drug-likeness (QED) is 0.438. The molecule has 0 atom stereocenters. The van der Waals surface area contributed by atoms with Crippen LogP contribution in [0.25, 0.3) is 22.6 Å². The number of rotatable bonds is 5. The largest absolute Gasteiger partial charge is 0.463 e. The second-order valence-corrected chi connectivity index (χ2v) is 5.93. The first-order valence-electron chi connectivity index (χ1n) is 8.46. The van der Waals surface area contributed by atoms with Crippen LogP contribution < -0.4 is 5.43 Å². The lowest BCUT2D eigenvalue weighted by Crippen LogP contribution is -2.24. The van der Waals surface area contributed by atoms with Gasteiger partial charge >= 0.3 is 0 Å². The minimum absolute atomic E-state index is 0.0708. The summed E-state index contributed by atoms with van der Waals surface area (Å²) in [6, 6.07) is 16.8. The number of nitrogens with zero attached hydrogens (tertiary/aromatic N) is 4. The van der Waals surface area contributed by atoms with Gasteiger partial charge in [0.25, 0.3) is 5.91 Å². The average Bonchev–Trinajstić information content (AvgIpc) is 3.36. The smallest absolute Gasteiger partial charge is 0.260 e. The van der Waals surface area contributed by atoms with Gasteiger partial charge in [0.2, 0.25) is 0 Å². The Balaban J connectivity index is 1.63. The van der Waals surface area contributed by atoms with Crippen LogP contribution in [0.3, 0.4) is 0 Å². The van der Waals surface area contributed by atoms with Gasteiger partial charge in [-0.05, 0) is 43.3 Å². The third-order valence-corrected chi connectivity index (χ3v) is 4.08. The maximum atomic E-state index is 12.5. The van der Waals surface area contributed by atoms with Gasteiger partial charge in [0, 0.05) is 6.20 Å². The lowest BCUT2D eigenvalue weighted by atomic mass is 10.3. The van der Waals surface area contributed by atoms with E-state index in [9.17, 15) is 4.79 Å². The van der Waals surface area contributed by atoms with E-state index in [4.69, 9.17) is 4.42 Å². The monoisotopic (exact) mass is 359 g/mol. The highest BCUT2D eigenvalue weighted by molar-refractivity contribution is 5.96. The molecule has 0 saturated heterocycles. The fourth-order valence-electron chi connectivity index (χ4n) is 2.79. The summed E-state index contributed by atoms with van der Waals surface area (Å²) in [5.41, 5.74) is 5.54. The number of nitrogens with one attached hydrogen (secondary N) is 1. The van der Waals surface area contributed by atoms with Crippen molar-refractivity contribution in [3.8, 4) is 11.5 Å². The lowest BCUT2D eigenvalue weighted by Gasteiger charge is -2.08. The van der Waals surface area contributed by atoms with Crippen LogP contribution in [0.1, 0.15) is 12.7 Å². The Morgan fingerprint density at radius 1 is 1.15 bits per heavy atom. The van der Waals surface area contributed by atoms with Crippen LogP contribution in [0.15, 0.2) is 76.6 Å². The lowest BCUT2D eigenvalue weighted by molar-refractivity contribution is -0.121. The van der Waals surface area contributed by atoms with E-state index < -0.39 is 0 Å². The van der Waals surface area contributed by atoms with Crippen molar-refractivity contribution < 1.29 is 9.21 Å². The SMILES string of the molecule is C/C(=N/NC(=O)Cn1c(-c2ccccn2)nc2ccccc21)c1ccco1. The third kappa shape index (κ3) is 3.48. The molecule has 0 aliphatic carbocycles. The second kappa shape index (κ2) is 7.25. The fourth-order valence-corrected chi connectivity index (χ4v) is 2.79. The minimum Gasteiger partial charge on any atom is -0.463 e. The number of aromatic nitrogens is 3. The topological polar surface area (TPSA) is 85.3 Å². The van der Waals surface area contributed by atoms with Gasteiger partial charge < -0.3 is 8.98 Å². The van der Waals surface area contributed by atoms with E-state index in [2.05, 4.69) is 20.5 Å². The molecule has 0 aliphatic heterocycles. The summed E-state index contributed by atoms with van der Waals surface area (Å²) in [4.78, 5) is 21.5. The van der Waals surface area contributed by atoms with Crippen LogP contribution in [0.4, 0.5) is 0 Å². The zero-order chi connectivity index (χ0) is 18.6. The molecule has 1 aromatic carbocycles. The van der Waals surface area contributed by atoms with E-state index in [1.165, 1.54) is 0 Å². The summed E-state index contributed by atoms with van der Waals surface area (Å²) in [7, 11) is 0. The van der Waals surface area contributed by atoms with Crippen LogP contribution in [0, 0.1) is 0 Å². The molecule has 1 N–H and O–H groups in total. The standard InChI is InChI=1S/C20H17N5O2/c1-14(18-10-6-12-27-18)23-24-19(26)13-25-17-9-3-2-7-15(17)22-20(25)16-8-4-5-11-21-16/h2-12H,13H2,1H3,(H,24,26)/b23-14-. The molecule has 1 amide bonds. The number of pyridine rings is 1. The van der Waals surface area contributed by atoms with Crippen molar-refractivity contribution in [1.29, 1.82) is 0 Å². The molecule has 4 rings (SSSR count). The molecule has 0 fully saturated rings. The number of hydrogen-bond acceptors (Lipinski definition) is 5. The first-order chi connectivity index (χ1) is 13.2. The van der Waals surface area contributed by atoms with E-state index in [1.807, 2.05) is 47.0 Å². The number of hydrogen-bond donors (Lipinski definition) is 1. The molecule has 0 radical (unpaired) electrons. The molecule has 0 bridgehead atoms. The van der Waals surface area contributed by atoms with Crippen LogP contribution in [0.5, 0.6) is 0 Å². The van der Waals surface area contributed by atoms with Crippen molar-refractivity contribution in [1.82, 2.24) is 20.0 Å². The van der Waals surface area contributed by atoms with Crippen molar-refractivity contribution in [2.45, 2.75) is 13.5 Å². The number of furan rings is 1. The van der Waals surface area contributed by atoms with E-state index in [1.54, 1.807) is 31.5 Å². The van der Waals surface area contributed by atoms with Crippen molar-refractivity contribution in [2.24, 2.45) is 5.10 Å². The zero-order valence-electron chi connectivity index (χ0n) is 14.7. The van der Waals surface area contributed by atoms with E-state index in [0.29, 0.717) is 23.0 Å². The third-order valence-electron chi connectivity index (χ3n) is 4.08. The van der Waals surface area contributed by atoms with Gasteiger partial charge in [-0.2, -0.15) is 5.10 Å². The molecule has 7 heteroatoms. The van der Waals surface area contributed by atoms with Gasteiger partial charge in [-0.3, -0.25) is 9.78 Å². The minimum atomic E-state index is -0.263. The van der Waals surface area contributed by atoms with Crippen molar-refractivity contribution in [2.75, 3.05) is 0 Å². The van der Waals surface area contributed by atoms with E-state index >= 15 is 0 Å². The van der Waals surface area contributed by atoms with Gasteiger partial charge in [0.1, 0.15) is 23.7 Å². The Morgan fingerprint density at radius 2 is 2.00 bits per heavy atom. The van der Waals surface area contributed by atoms with E-state index in [0.717, 1.165) is 11.0 Å². The van der Waals surface area contributed by atoms with Gasteiger partial charge in [0.05, 0.1) is 17.3 Å². The maximum absolute atomic E-state index is 12.5. The van der Waals surface area contributed by atoms with Crippen LogP contribution in [-0.4, -0.2) is 26.2 Å². The first kappa shape index (κ1) is 16.7. The molecule has 3 heterocycles. The Kier molecular flexibility index (Phi) is 4.49. The van der Waals surface area contributed by atoms with Crippen molar-refractivity contribution in [3.05, 3.63) is 72.8 Å². The summed E-state index contributed by atoms with van der Waals surface area (Å²) in [5, 5.41) is 4.10. The van der Waals surface area contributed by atoms with Gasteiger partial charge in [0.15, 0.2) is 5.82 Å². The Bertz CT molecular complexity index is 1100. The van der Waals surface area contributed by atoms with Gasteiger partial charge in [-0.1, -0.05) is 18.2 Å². The highest BCUT2D eigenvalue weighted by atomic mass is 16.3. The molecule has 0 unspecified atom stereocenters. The second-order valence-electron chi connectivity index (χ2n) is 5.93. The van der Waals surface area contributed by atoms with Crippen molar-refractivity contribution >= 4 is 22.7 Å². The first-order valence-corrected chi connectivity index (χ1v) is 8.46. The van der Waals surface area contributed by atoms with Crippen molar-refractivity contribution in [3.63, 3.8) is 0 Å². The number of carbonyl (C=O) groups excluding carboxylic acids is 1. The average molecular weight is 359 g/mol. The number of carbonyl (C=O) groups is 1. The maximum Gasteiger partial charge on any atom is 0.260 e. The molecule has 7 nitrogen and oxygen atoms in total. The predicted octanol–water partition coefficient (Wildman–Crippen LogP) is 3.23. The molecule has 0 saturated carbocycles. The molecule has 0 aliphatic rings. The van der Waals surface area contributed by atoms with Crippen LogP contribution in [0.2, 0.25) is 0 Å². The molecule has 3 aromatic heterocycles.